The fourth-order valence-electron chi connectivity index (χ4n) is 1.94. The summed E-state index contributed by atoms with van der Waals surface area (Å²) < 4.78 is 0. The van der Waals surface area contributed by atoms with Crippen molar-refractivity contribution in [1.29, 1.82) is 0 Å². The Labute approximate surface area is 111 Å². The van der Waals surface area contributed by atoms with Crippen LogP contribution in [0.4, 0.5) is 4.79 Å². The van der Waals surface area contributed by atoms with Crippen molar-refractivity contribution in [1.82, 2.24) is 10.6 Å². The van der Waals surface area contributed by atoms with Crippen LogP contribution in [0.3, 0.4) is 0 Å². The van der Waals surface area contributed by atoms with Gasteiger partial charge in [0.15, 0.2) is 0 Å². The average molecular weight is 269 g/mol. The second-order valence-corrected chi connectivity index (χ2v) is 4.99. The maximum atomic E-state index is 11.7. The van der Waals surface area contributed by atoms with E-state index in [0.717, 1.165) is 18.4 Å². The molecule has 0 radical (unpaired) electrons. The van der Waals surface area contributed by atoms with Crippen molar-refractivity contribution >= 4 is 17.6 Å². The summed E-state index contributed by atoms with van der Waals surface area (Å²) in [7, 11) is 0. The number of amides is 2. The highest BCUT2D eigenvalue weighted by molar-refractivity contribution is 6.30. The summed E-state index contributed by atoms with van der Waals surface area (Å²) in [4.78, 5) is 11.7. The zero-order chi connectivity index (χ0) is 13.0. The summed E-state index contributed by atoms with van der Waals surface area (Å²) >= 11 is 5.96. The molecular weight excluding hydrogens is 252 g/mol. The second kappa shape index (κ2) is 5.59. The monoisotopic (exact) mass is 268 g/mol. The Hall–Kier alpha value is -1.26. The fourth-order valence-corrected chi connectivity index (χ4v) is 2.13. The summed E-state index contributed by atoms with van der Waals surface area (Å²) in [5, 5.41) is 15.0. The number of rotatable bonds is 5. The molecule has 2 rings (SSSR count). The van der Waals surface area contributed by atoms with Crippen LogP contribution >= 0.6 is 11.6 Å². The number of urea groups is 1. The van der Waals surface area contributed by atoms with Gasteiger partial charge in [0.05, 0.1) is 5.54 Å². The number of nitrogens with one attached hydrogen (secondary N) is 2. The van der Waals surface area contributed by atoms with E-state index in [1.807, 2.05) is 24.3 Å². The van der Waals surface area contributed by atoms with Crippen LogP contribution in [-0.2, 0) is 5.54 Å². The number of benzene rings is 1. The van der Waals surface area contributed by atoms with E-state index in [1.165, 1.54) is 0 Å². The van der Waals surface area contributed by atoms with Gasteiger partial charge in [-0.3, -0.25) is 0 Å². The number of hydrogen-bond acceptors (Lipinski definition) is 2. The average Bonchev–Trinajstić information content (AvgIpc) is 3.10. The molecule has 1 aliphatic carbocycles. The summed E-state index contributed by atoms with van der Waals surface area (Å²) in [6.45, 7) is 0.563. The number of carbonyl (C=O) groups is 1. The van der Waals surface area contributed by atoms with Gasteiger partial charge >= 0.3 is 6.03 Å². The molecule has 3 N–H and O–H groups in total. The van der Waals surface area contributed by atoms with Crippen molar-refractivity contribution in [2.75, 3.05) is 13.2 Å². The Bertz CT molecular complexity index is 433. The molecule has 1 saturated carbocycles. The third kappa shape index (κ3) is 3.15. The van der Waals surface area contributed by atoms with Gasteiger partial charge < -0.3 is 15.7 Å². The third-order valence-corrected chi connectivity index (χ3v) is 3.34. The Kier molecular flexibility index (Phi) is 4.09. The molecule has 0 bridgehead atoms. The van der Waals surface area contributed by atoms with E-state index in [4.69, 9.17) is 16.7 Å². The van der Waals surface area contributed by atoms with Gasteiger partial charge in [-0.15, -0.1) is 0 Å². The van der Waals surface area contributed by atoms with E-state index < -0.39 is 0 Å². The second-order valence-electron chi connectivity index (χ2n) is 4.55. The van der Waals surface area contributed by atoms with Crippen molar-refractivity contribution < 1.29 is 9.90 Å². The normalized spacial score (nSPS) is 16.1. The summed E-state index contributed by atoms with van der Waals surface area (Å²) in [5.41, 5.74) is 0.793. The molecule has 0 saturated heterocycles. The van der Waals surface area contributed by atoms with Crippen molar-refractivity contribution in [3.8, 4) is 0 Å². The molecule has 1 aromatic carbocycles. The van der Waals surface area contributed by atoms with E-state index in [2.05, 4.69) is 10.6 Å². The number of carbonyl (C=O) groups excluding carboxylic acids is 1. The summed E-state index contributed by atoms with van der Waals surface area (Å²) in [5.74, 6) is 0. The summed E-state index contributed by atoms with van der Waals surface area (Å²) in [6.07, 6.45) is 2.43. The largest absolute Gasteiger partial charge is 0.396 e. The van der Waals surface area contributed by atoms with Crippen LogP contribution in [0.5, 0.6) is 0 Å². The number of hydrogen-bond donors (Lipinski definition) is 3. The molecular formula is C13H17ClN2O2. The van der Waals surface area contributed by atoms with Crippen LogP contribution in [0.25, 0.3) is 0 Å². The molecule has 2 amide bonds. The lowest BCUT2D eigenvalue weighted by molar-refractivity contribution is 0.233. The van der Waals surface area contributed by atoms with Crippen LogP contribution in [0.15, 0.2) is 24.3 Å². The molecule has 5 heteroatoms. The molecule has 0 aliphatic heterocycles. The standard InChI is InChI=1S/C13H17ClN2O2/c14-11-4-1-3-10(9-11)13(5-6-13)16-12(18)15-7-2-8-17/h1,3-4,9,17H,2,5-8H2,(H2,15,16,18). The minimum absolute atomic E-state index is 0.0831. The van der Waals surface area contributed by atoms with Crippen LogP contribution in [-0.4, -0.2) is 24.3 Å². The van der Waals surface area contributed by atoms with Gasteiger partial charge in [-0.1, -0.05) is 23.7 Å². The lowest BCUT2D eigenvalue weighted by atomic mass is 10.1. The summed E-state index contributed by atoms with van der Waals surface area (Å²) in [6, 6.07) is 7.39. The van der Waals surface area contributed by atoms with Crippen molar-refractivity contribution in [3.05, 3.63) is 34.9 Å². The predicted octanol–water partition coefficient (Wildman–Crippen LogP) is 2.01. The van der Waals surface area contributed by atoms with E-state index in [9.17, 15) is 4.79 Å². The Morgan fingerprint density at radius 1 is 1.44 bits per heavy atom. The first kappa shape index (κ1) is 13.2. The Balaban J connectivity index is 1.94. The molecule has 0 atom stereocenters. The molecule has 18 heavy (non-hydrogen) atoms. The molecule has 1 fully saturated rings. The smallest absolute Gasteiger partial charge is 0.315 e. The van der Waals surface area contributed by atoms with E-state index in [-0.39, 0.29) is 18.2 Å². The molecule has 1 aromatic rings. The number of aliphatic hydroxyl groups excluding tert-OH is 1. The van der Waals surface area contributed by atoms with Gasteiger partial charge in [0.1, 0.15) is 0 Å². The Morgan fingerprint density at radius 3 is 2.83 bits per heavy atom. The van der Waals surface area contributed by atoms with Crippen LogP contribution in [0.1, 0.15) is 24.8 Å². The lowest BCUT2D eigenvalue weighted by Gasteiger charge is -2.18. The molecule has 0 heterocycles. The maximum Gasteiger partial charge on any atom is 0.315 e. The fraction of sp³-hybridized carbons (Fsp3) is 0.462. The maximum absolute atomic E-state index is 11.7. The van der Waals surface area contributed by atoms with Gasteiger partial charge in [-0.05, 0) is 37.0 Å². The zero-order valence-corrected chi connectivity index (χ0v) is 10.8. The van der Waals surface area contributed by atoms with E-state index >= 15 is 0 Å². The molecule has 1 aliphatic rings. The first-order valence-corrected chi connectivity index (χ1v) is 6.47. The number of aliphatic hydroxyl groups is 1. The van der Waals surface area contributed by atoms with E-state index in [1.54, 1.807) is 0 Å². The highest BCUT2D eigenvalue weighted by Crippen LogP contribution is 2.45. The van der Waals surface area contributed by atoms with E-state index in [0.29, 0.717) is 18.0 Å². The van der Waals surface area contributed by atoms with Gasteiger partial charge in [-0.2, -0.15) is 0 Å². The molecule has 0 unspecified atom stereocenters. The van der Waals surface area contributed by atoms with Crippen LogP contribution < -0.4 is 10.6 Å². The van der Waals surface area contributed by atoms with Gasteiger partial charge in [0.2, 0.25) is 0 Å². The zero-order valence-electron chi connectivity index (χ0n) is 10.1. The molecule has 98 valence electrons. The topological polar surface area (TPSA) is 61.4 Å². The van der Waals surface area contributed by atoms with Gasteiger partial charge in [-0.25, -0.2) is 4.79 Å². The molecule has 4 nitrogen and oxygen atoms in total. The SMILES string of the molecule is O=C(NCCCO)NC1(c2cccc(Cl)c2)CC1. The van der Waals surface area contributed by atoms with Crippen molar-refractivity contribution in [2.24, 2.45) is 0 Å². The minimum Gasteiger partial charge on any atom is -0.396 e. The molecule has 0 aromatic heterocycles. The Morgan fingerprint density at radius 2 is 2.22 bits per heavy atom. The first-order valence-electron chi connectivity index (χ1n) is 6.09. The van der Waals surface area contributed by atoms with Gasteiger partial charge in [0.25, 0.3) is 0 Å². The lowest BCUT2D eigenvalue weighted by Crippen LogP contribution is -2.42. The highest BCUT2D eigenvalue weighted by Gasteiger charge is 2.45. The molecule has 0 spiro atoms. The van der Waals surface area contributed by atoms with Crippen molar-refractivity contribution in [3.63, 3.8) is 0 Å². The van der Waals surface area contributed by atoms with Gasteiger partial charge in [0, 0.05) is 18.2 Å². The number of halogens is 1. The van der Waals surface area contributed by atoms with Crippen molar-refractivity contribution in [2.45, 2.75) is 24.8 Å². The quantitative estimate of drug-likeness (QED) is 0.716. The first-order chi connectivity index (χ1) is 8.66. The third-order valence-electron chi connectivity index (χ3n) is 3.10. The minimum atomic E-state index is -0.256. The predicted molar refractivity (Wildman–Crippen MR) is 70.6 cm³/mol. The van der Waals surface area contributed by atoms with Crippen LogP contribution in [0.2, 0.25) is 5.02 Å². The van der Waals surface area contributed by atoms with Crippen LogP contribution in [0, 0.1) is 0 Å². The highest BCUT2D eigenvalue weighted by atomic mass is 35.5.